The number of rotatable bonds is 9. The van der Waals surface area contributed by atoms with Crippen molar-refractivity contribution in [3.05, 3.63) is 59.7 Å². The quantitative estimate of drug-likeness (QED) is 0.574. The summed E-state index contributed by atoms with van der Waals surface area (Å²) in [4.78, 5) is 40.7. The standard InChI is InChI=1S/C27H35N3O5/c1-18(2)17-28-26(32)24(29-25(31)20-5-9-22(34-3)10-6-20)19-13-15-30(16-14-19)27(33)21-7-11-23(35-4)12-8-21/h5-12,18-19,24H,13-17H2,1-4H3,(H,28,32)(H,29,31)/t24-/m0/s1. The lowest BCUT2D eigenvalue weighted by Crippen LogP contribution is -2.54. The molecule has 1 saturated heterocycles. The van der Waals surface area contributed by atoms with Gasteiger partial charge in [0.1, 0.15) is 17.5 Å². The van der Waals surface area contributed by atoms with Gasteiger partial charge in [-0.15, -0.1) is 0 Å². The van der Waals surface area contributed by atoms with E-state index in [1.165, 1.54) is 0 Å². The molecule has 0 unspecified atom stereocenters. The van der Waals surface area contributed by atoms with Crippen molar-refractivity contribution in [1.29, 1.82) is 0 Å². The fourth-order valence-electron chi connectivity index (χ4n) is 4.13. The number of hydrogen-bond donors (Lipinski definition) is 2. The van der Waals surface area contributed by atoms with Crippen LogP contribution in [0.5, 0.6) is 11.5 Å². The van der Waals surface area contributed by atoms with Crippen LogP contribution >= 0.6 is 0 Å². The molecule has 188 valence electrons. The Morgan fingerprint density at radius 2 is 1.40 bits per heavy atom. The number of carbonyl (C=O) groups is 3. The van der Waals surface area contributed by atoms with Crippen molar-refractivity contribution in [3.8, 4) is 11.5 Å². The summed E-state index contributed by atoms with van der Waals surface area (Å²) in [7, 11) is 3.15. The summed E-state index contributed by atoms with van der Waals surface area (Å²) in [5.41, 5.74) is 1.06. The highest BCUT2D eigenvalue weighted by Gasteiger charge is 2.34. The molecule has 0 radical (unpaired) electrons. The molecule has 1 aliphatic rings. The van der Waals surface area contributed by atoms with Gasteiger partial charge in [-0.3, -0.25) is 14.4 Å². The number of likely N-dealkylation sites (tertiary alicyclic amines) is 1. The number of benzene rings is 2. The number of nitrogens with zero attached hydrogens (tertiary/aromatic N) is 1. The van der Waals surface area contributed by atoms with E-state index < -0.39 is 6.04 Å². The van der Waals surface area contributed by atoms with Crippen molar-refractivity contribution in [2.24, 2.45) is 11.8 Å². The predicted molar refractivity (Wildman–Crippen MR) is 134 cm³/mol. The number of ether oxygens (including phenoxy) is 2. The molecule has 3 rings (SSSR count). The minimum Gasteiger partial charge on any atom is -0.497 e. The number of nitrogens with one attached hydrogen (secondary N) is 2. The molecule has 0 spiro atoms. The number of amides is 3. The fourth-order valence-corrected chi connectivity index (χ4v) is 4.13. The molecule has 8 heteroatoms. The smallest absolute Gasteiger partial charge is 0.253 e. The summed E-state index contributed by atoms with van der Waals surface area (Å²) in [6, 6.07) is 13.1. The Labute approximate surface area is 207 Å². The van der Waals surface area contributed by atoms with Crippen LogP contribution in [0.15, 0.2) is 48.5 Å². The minimum atomic E-state index is -0.679. The second-order valence-electron chi connectivity index (χ2n) is 9.18. The van der Waals surface area contributed by atoms with Crippen molar-refractivity contribution in [2.75, 3.05) is 33.9 Å². The zero-order valence-electron chi connectivity index (χ0n) is 20.9. The number of piperidine rings is 1. The van der Waals surface area contributed by atoms with Crippen molar-refractivity contribution in [3.63, 3.8) is 0 Å². The highest BCUT2D eigenvalue weighted by molar-refractivity contribution is 5.98. The molecule has 1 heterocycles. The lowest BCUT2D eigenvalue weighted by atomic mass is 9.88. The summed E-state index contributed by atoms with van der Waals surface area (Å²) in [6.07, 6.45) is 1.23. The second-order valence-corrected chi connectivity index (χ2v) is 9.18. The van der Waals surface area contributed by atoms with Gasteiger partial charge in [0.2, 0.25) is 5.91 Å². The molecule has 1 atom stereocenters. The first kappa shape index (κ1) is 26.1. The predicted octanol–water partition coefficient (Wildman–Crippen LogP) is 3.13. The van der Waals surface area contributed by atoms with Crippen LogP contribution in [0.4, 0.5) is 0 Å². The third kappa shape index (κ3) is 6.97. The van der Waals surface area contributed by atoms with Crippen LogP contribution in [0.25, 0.3) is 0 Å². The van der Waals surface area contributed by atoms with Crippen molar-refractivity contribution in [2.45, 2.75) is 32.7 Å². The Balaban J connectivity index is 1.67. The van der Waals surface area contributed by atoms with Crippen molar-refractivity contribution < 1.29 is 23.9 Å². The van der Waals surface area contributed by atoms with Crippen LogP contribution in [0.1, 0.15) is 47.4 Å². The summed E-state index contributed by atoms with van der Waals surface area (Å²) >= 11 is 0. The lowest BCUT2D eigenvalue weighted by molar-refractivity contribution is -0.124. The molecule has 3 amide bonds. The Kier molecular flexibility index (Phi) is 9.11. The molecule has 2 aromatic rings. The normalized spacial score (nSPS) is 14.8. The molecule has 2 aromatic carbocycles. The van der Waals surface area contributed by atoms with Gasteiger partial charge in [0.15, 0.2) is 0 Å². The van der Waals surface area contributed by atoms with Gasteiger partial charge in [-0.05, 0) is 73.2 Å². The molecule has 0 aliphatic carbocycles. The molecule has 1 fully saturated rings. The van der Waals surface area contributed by atoms with Crippen LogP contribution in [-0.2, 0) is 4.79 Å². The zero-order chi connectivity index (χ0) is 25.4. The Morgan fingerprint density at radius 1 is 0.886 bits per heavy atom. The molecule has 0 saturated carbocycles. The molecule has 2 N–H and O–H groups in total. The van der Waals surface area contributed by atoms with Gasteiger partial charge in [0.05, 0.1) is 14.2 Å². The topological polar surface area (TPSA) is 97.0 Å². The third-order valence-corrected chi connectivity index (χ3v) is 6.24. The largest absolute Gasteiger partial charge is 0.497 e. The molecule has 8 nitrogen and oxygen atoms in total. The van der Waals surface area contributed by atoms with Gasteiger partial charge in [-0.1, -0.05) is 13.8 Å². The first-order valence-electron chi connectivity index (χ1n) is 12.0. The van der Waals surface area contributed by atoms with Gasteiger partial charge in [-0.2, -0.15) is 0 Å². The SMILES string of the molecule is COc1ccc(C(=O)N[C@H](C(=O)NCC(C)C)C2CCN(C(=O)c3ccc(OC)cc3)CC2)cc1. The average Bonchev–Trinajstić information content (AvgIpc) is 2.90. The van der Waals surface area contributed by atoms with E-state index in [0.717, 1.165) is 0 Å². The fraction of sp³-hybridized carbons (Fsp3) is 0.444. The third-order valence-electron chi connectivity index (χ3n) is 6.24. The minimum absolute atomic E-state index is 0.0471. The highest BCUT2D eigenvalue weighted by Crippen LogP contribution is 2.24. The molecular weight excluding hydrogens is 446 g/mol. The van der Waals surface area contributed by atoms with E-state index in [2.05, 4.69) is 10.6 Å². The molecule has 35 heavy (non-hydrogen) atoms. The molecule has 0 aromatic heterocycles. The Bertz CT molecular complexity index is 996. The van der Waals surface area contributed by atoms with Crippen molar-refractivity contribution >= 4 is 17.7 Å². The van der Waals surface area contributed by atoms with E-state index in [1.807, 2.05) is 13.8 Å². The van der Waals surface area contributed by atoms with Crippen LogP contribution < -0.4 is 20.1 Å². The monoisotopic (exact) mass is 481 g/mol. The van der Waals surface area contributed by atoms with E-state index in [4.69, 9.17) is 9.47 Å². The van der Waals surface area contributed by atoms with Gasteiger partial charge in [0, 0.05) is 30.8 Å². The van der Waals surface area contributed by atoms with E-state index in [-0.39, 0.29) is 23.6 Å². The van der Waals surface area contributed by atoms with Crippen LogP contribution in [-0.4, -0.2) is 62.5 Å². The molecule has 1 aliphatic heterocycles. The maximum atomic E-state index is 13.1. The zero-order valence-corrected chi connectivity index (χ0v) is 20.9. The van der Waals surface area contributed by atoms with E-state index in [9.17, 15) is 14.4 Å². The molecular formula is C27H35N3O5. The Hall–Kier alpha value is -3.55. The van der Waals surface area contributed by atoms with Crippen molar-refractivity contribution in [1.82, 2.24) is 15.5 Å². The lowest BCUT2D eigenvalue weighted by Gasteiger charge is -2.36. The van der Waals surface area contributed by atoms with Gasteiger partial charge >= 0.3 is 0 Å². The van der Waals surface area contributed by atoms with Gasteiger partial charge in [0.25, 0.3) is 11.8 Å². The van der Waals surface area contributed by atoms with Gasteiger partial charge in [-0.25, -0.2) is 0 Å². The summed E-state index contributed by atoms with van der Waals surface area (Å²) in [6.45, 7) is 5.61. The second kappa shape index (κ2) is 12.2. The number of carbonyl (C=O) groups excluding carboxylic acids is 3. The molecule has 0 bridgehead atoms. The number of methoxy groups -OCH3 is 2. The first-order chi connectivity index (χ1) is 16.8. The number of hydrogen-bond acceptors (Lipinski definition) is 5. The first-order valence-corrected chi connectivity index (χ1v) is 12.0. The summed E-state index contributed by atoms with van der Waals surface area (Å²) in [5, 5.41) is 5.90. The maximum absolute atomic E-state index is 13.1. The Morgan fingerprint density at radius 3 is 1.89 bits per heavy atom. The van der Waals surface area contributed by atoms with Crippen LogP contribution in [0, 0.1) is 11.8 Å². The average molecular weight is 482 g/mol. The van der Waals surface area contributed by atoms with Crippen LogP contribution in [0.3, 0.4) is 0 Å². The van der Waals surface area contributed by atoms with E-state index in [0.29, 0.717) is 61.0 Å². The van der Waals surface area contributed by atoms with Crippen LogP contribution in [0.2, 0.25) is 0 Å². The highest BCUT2D eigenvalue weighted by atomic mass is 16.5. The summed E-state index contributed by atoms with van der Waals surface area (Å²) in [5.74, 6) is 1.01. The van der Waals surface area contributed by atoms with E-state index in [1.54, 1.807) is 67.7 Å². The maximum Gasteiger partial charge on any atom is 0.253 e. The summed E-state index contributed by atoms with van der Waals surface area (Å²) < 4.78 is 10.3. The van der Waals surface area contributed by atoms with Gasteiger partial charge < -0.3 is 25.0 Å². The van der Waals surface area contributed by atoms with E-state index >= 15 is 0 Å².